The number of benzene rings is 2. The number of hydrogen-bond donors (Lipinski definition) is 1. The normalized spacial score (nSPS) is 11.2. The van der Waals surface area contributed by atoms with Gasteiger partial charge < -0.3 is 14.9 Å². The van der Waals surface area contributed by atoms with E-state index in [0.717, 1.165) is 11.1 Å². The topological polar surface area (TPSA) is 74.2 Å². The summed E-state index contributed by atoms with van der Waals surface area (Å²) in [6.45, 7) is 0.273. The molecule has 0 unspecified atom stereocenters. The van der Waals surface area contributed by atoms with E-state index in [-0.39, 0.29) is 18.4 Å². The van der Waals surface area contributed by atoms with E-state index in [1.165, 1.54) is 12.1 Å². The molecule has 3 aromatic rings. The van der Waals surface area contributed by atoms with Gasteiger partial charge >= 0.3 is 6.01 Å². The summed E-state index contributed by atoms with van der Waals surface area (Å²) in [4.78, 5) is 0. The average Bonchev–Trinajstić information content (AvgIpc) is 2.99. The Balaban J connectivity index is 1.73. The molecule has 3 rings (SSSR count). The molecular formula is C17H12BrClFN3O2. The summed E-state index contributed by atoms with van der Waals surface area (Å²) in [7, 11) is 0. The van der Waals surface area contributed by atoms with Gasteiger partial charge in [0.25, 0.3) is 0 Å². The SMILES string of the molecule is Nc1nnc(/C=C/c2cc(Cl)c(OCc3ccc(F)cc3)c(Br)c2)o1. The Kier molecular flexibility index (Phi) is 5.35. The predicted octanol–water partition coefficient (Wildman–Crippen LogP) is 4.96. The van der Waals surface area contributed by atoms with Crippen LogP contribution >= 0.6 is 27.5 Å². The molecule has 0 saturated heterocycles. The fourth-order valence-corrected chi connectivity index (χ4v) is 3.02. The van der Waals surface area contributed by atoms with Crippen molar-refractivity contribution in [2.75, 3.05) is 5.73 Å². The summed E-state index contributed by atoms with van der Waals surface area (Å²) in [5, 5.41) is 7.74. The molecule has 8 heteroatoms. The van der Waals surface area contributed by atoms with E-state index in [2.05, 4.69) is 26.1 Å². The van der Waals surface area contributed by atoms with Crippen LogP contribution in [0.15, 0.2) is 45.3 Å². The summed E-state index contributed by atoms with van der Waals surface area (Å²) in [6.07, 6.45) is 3.38. The molecule has 0 radical (unpaired) electrons. The van der Waals surface area contributed by atoms with Crippen molar-refractivity contribution in [1.29, 1.82) is 0 Å². The molecule has 0 saturated carbocycles. The Morgan fingerprint density at radius 1 is 1.20 bits per heavy atom. The number of anilines is 1. The summed E-state index contributed by atoms with van der Waals surface area (Å²) in [5.41, 5.74) is 7.01. The maximum Gasteiger partial charge on any atom is 0.313 e. The zero-order chi connectivity index (χ0) is 17.8. The molecule has 5 nitrogen and oxygen atoms in total. The van der Waals surface area contributed by atoms with Crippen LogP contribution in [0.25, 0.3) is 12.2 Å². The van der Waals surface area contributed by atoms with Gasteiger partial charge in [0.15, 0.2) is 5.75 Å². The number of aromatic nitrogens is 2. The van der Waals surface area contributed by atoms with Crippen molar-refractivity contribution < 1.29 is 13.5 Å². The molecule has 1 heterocycles. The number of ether oxygens (including phenoxy) is 1. The number of nitrogen functional groups attached to an aromatic ring is 1. The Morgan fingerprint density at radius 3 is 2.60 bits per heavy atom. The van der Waals surface area contributed by atoms with Gasteiger partial charge in [-0.05, 0) is 57.4 Å². The molecule has 0 bridgehead atoms. The maximum absolute atomic E-state index is 12.9. The first-order chi connectivity index (χ1) is 12.0. The van der Waals surface area contributed by atoms with Crippen LogP contribution in [0.3, 0.4) is 0 Å². The van der Waals surface area contributed by atoms with Crippen molar-refractivity contribution in [2.45, 2.75) is 6.61 Å². The third kappa shape index (κ3) is 4.58. The lowest BCUT2D eigenvalue weighted by atomic mass is 10.2. The highest BCUT2D eigenvalue weighted by atomic mass is 79.9. The van der Waals surface area contributed by atoms with Crippen molar-refractivity contribution in [3.8, 4) is 5.75 Å². The highest BCUT2D eigenvalue weighted by molar-refractivity contribution is 9.10. The molecule has 25 heavy (non-hydrogen) atoms. The summed E-state index contributed by atoms with van der Waals surface area (Å²) in [6, 6.07) is 9.66. The maximum atomic E-state index is 12.9. The monoisotopic (exact) mass is 423 g/mol. The molecule has 0 fully saturated rings. The summed E-state index contributed by atoms with van der Waals surface area (Å²) in [5.74, 6) is 0.508. The Bertz CT molecular complexity index is 890. The molecule has 2 aromatic carbocycles. The summed E-state index contributed by atoms with van der Waals surface area (Å²) >= 11 is 9.73. The standard InChI is InChI=1S/C17H12BrClFN3O2/c18-13-7-11(3-6-15-22-23-17(21)25-15)8-14(19)16(13)24-9-10-1-4-12(20)5-2-10/h1-8H,9H2,(H2,21,23)/b6-3+. The lowest BCUT2D eigenvalue weighted by molar-refractivity contribution is 0.304. The molecule has 0 spiro atoms. The molecule has 0 atom stereocenters. The van der Waals surface area contributed by atoms with Gasteiger partial charge in [0.2, 0.25) is 5.89 Å². The molecule has 0 aliphatic rings. The van der Waals surface area contributed by atoms with Crippen molar-refractivity contribution in [2.24, 2.45) is 0 Å². The van der Waals surface area contributed by atoms with Crippen LogP contribution in [0.2, 0.25) is 5.02 Å². The smallest absolute Gasteiger partial charge is 0.313 e. The first-order valence-corrected chi connectivity index (χ1v) is 8.32. The van der Waals surface area contributed by atoms with Gasteiger partial charge in [0.1, 0.15) is 12.4 Å². The number of nitrogens with zero attached hydrogens (tertiary/aromatic N) is 2. The second-order valence-electron chi connectivity index (χ2n) is 5.04. The number of hydrogen-bond acceptors (Lipinski definition) is 5. The van der Waals surface area contributed by atoms with E-state index < -0.39 is 0 Å². The van der Waals surface area contributed by atoms with Crippen LogP contribution in [0.1, 0.15) is 17.0 Å². The van der Waals surface area contributed by atoms with E-state index in [9.17, 15) is 4.39 Å². The lowest BCUT2D eigenvalue weighted by Crippen LogP contribution is -1.97. The van der Waals surface area contributed by atoms with Gasteiger partial charge in [-0.2, -0.15) is 0 Å². The van der Waals surface area contributed by atoms with E-state index in [1.807, 2.05) is 6.07 Å². The number of nitrogens with two attached hydrogens (primary N) is 1. The van der Waals surface area contributed by atoms with E-state index in [4.69, 9.17) is 26.5 Å². The average molecular weight is 425 g/mol. The highest BCUT2D eigenvalue weighted by Gasteiger charge is 2.09. The van der Waals surface area contributed by atoms with Crippen LogP contribution in [-0.2, 0) is 6.61 Å². The largest absolute Gasteiger partial charge is 0.486 e. The van der Waals surface area contributed by atoms with Gasteiger partial charge in [-0.3, -0.25) is 0 Å². The zero-order valence-electron chi connectivity index (χ0n) is 12.7. The van der Waals surface area contributed by atoms with Crippen LogP contribution in [0.4, 0.5) is 10.4 Å². The van der Waals surface area contributed by atoms with Crippen molar-refractivity contribution in [1.82, 2.24) is 10.2 Å². The predicted molar refractivity (Wildman–Crippen MR) is 97.5 cm³/mol. The molecule has 0 aliphatic carbocycles. The van der Waals surface area contributed by atoms with Gasteiger partial charge in [-0.15, -0.1) is 5.10 Å². The van der Waals surface area contributed by atoms with Gasteiger partial charge in [0.05, 0.1) is 9.50 Å². The third-order valence-corrected chi connectivity index (χ3v) is 4.06. The van der Waals surface area contributed by atoms with Crippen LogP contribution in [0, 0.1) is 5.82 Å². The summed E-state index contributed by atoms with van der Waals surface area (Å²) < 4.78 is 24.4. The number of rotatable bonds is 5. The fraction of sp³-hybridized carbons (Fsp3) is 0.0588. The van der Waals surface area contributed by atoms with Gasteiger partial charge in [-0.1, -0.05) is 28.8 Å². The molecule has 0 amide bonds. The minimum atomic E-state index is -0.290. The van der Waals surface area contributed by atoms with Gasteiger partial charge in [-0.25, -0.2) is 4.39 Å². The van der Waals surface area contributed by atoms with Gasteiger partial charge in [0, 0.05) is 6.08 Å². The first kappa shape index (κ1) is 17.4. The second kappa shape index (κ2) is 7.67. The number of halogens is 3. The molecule has 0 aliphatic heterocycles. The third-order valence-electron chi connectivity index (χ3n) is 3.19. The first-order valence-electron chi connectivity index (χ1n) is 7.14. The lowest BCUT2D eigenvalue weighted by Gasteiger charge is -2.11. The van der Waals surface area contributed by atoms with E-state index >= 15 is 0 Å². The minimum Gasteiger partial charge on any atom is -0.486 e. The molecular weight excluding hydrogens is 413 g/mol. The molecule has 1 aromatic heterocycles. The Morgan fingerprint density at radius 2 is 1.96 bits per heavy atom. The highest BCUT2D eigenvalue weighted by Crippen LogP contribution is 2.35. The fourth-order valence-electron chi connectivity index (χ4n) is 2.03. The quantitative estimate of drug-likeness (QED) is 0.627. The molecule has 2 N–H and O–H groups in total. The van der Waals surface area contributed by atoms with Crippen LogP contribution < -0.4 is 10.5 Å². The minimum absolute atomic E-state index is 0.00315. The molecule has 128 valence electrons. The van der Waals surface area contributed by atoms with Crippen molar-refractivity contribution in [3.63, 3.8) is 0 Å². The van der Waals surface area contributed by atoms with Crippen LogP contribution in [-0.4, -0.2) is 10.2 Å². The van der Waals surface area contributed by atoms with Crippen LogP contribution in [0.5, 0.6) is 5.75 Å². The Hall–Kier alpha value is -2.38. The van der Waals surface area contributed by atoms with Crippen molar-refractivity contribution >= 4 is 45.7 Å². The van der Waals surface area contributed by atoms with E-state index in [1.54, 1.807) is 30.4 Å². The van der Waals surface area contributed by atoms with Crippen molar-refractivity contribution in [3.05, 3.63) is 68.7 Å². The zero-order valence-corrected chi connectivity index (χ0v) is 15.1. The van der Waals surface area contributed by atoms with E-state index in [0.29, 0.717) is 21.1 Å². The second-order valence-corrected chi connectivity index (χ2v) is 6.30. The Labute approximate surface area is 156 Å².